The maximum absolute atomic E-state index is 12.5. The summed E-state index contributed by atoms with van der Waals surface area (Å²) in [5.41, 5.74) is 1.08. The Morgan fingerprint density at radius 2 is 2.09 bits per heavy atom. The molecule has 1 aromatic carbocycles. The van der Waals surface area contributed by atoms with Crippen LogP contribution in [-0.2, 0) is 10.2 Å². The molecule has 6 heteroatoms. The second kappa shape index (κ2) is 5.06. The fraction of sp³-hybridized carbons (Fsp3) is 0.188. The average Bonchev–Trinajstić information content (AvgIpc) is 2.98. The number of benzene rings is 1. The summed E-state index contributed by atoms with van der Waals surface area (Å²) >= 11 is 1.41. The molecule has 3 aromatic rings. The SMILES string of the molecule is O=C(Nc1nccs1)C1(c2cc(-c3ccccc3)on2)CC1. The van der Waals surface area contributed by atoms with Crippen LogP contribution in [0.4, 0.5) is 5.13 Å². The highest BCUT2D eigenvalue weighted by Gasteiger charge is 2.54. The van der Waals surface area contributed by atoms with Gasteiger partial charge in [0.1, 0.15) is 0 Å². The normalized spacial score (nSPS) is 15.5. The first kappa shape index (κ1) is 13.2. The number of rotatable bonds is 4. The van der Waals surface area contributed by atoms with Crippen LogP contribution in [0.15, 0.2) is 52.5 Å². The summed E-state index contributed by atoms with van der Waals surface area (Å²) in [6.45, 7) is 0. The molecule has 22 heavy (non-hydrogen) atoms. The molecule has 1 aliphatic rings. The number of hydrogen-bond acceptors (Lipinski definition) is 5. The quantitative estimate of drug-likeness (QED) is 0.801. The first-order valence-corrected chi connectivity index (χ1v) is 7.89. The van der Waals surface area contributed by atoms with Gasteiger partial charge in [-0.05, 0) is 12.8 Å². The van der Waals surface area contributed by atoms with E-state index in [1.165, 1.54) is 11.3 Å². The van der Waals surface area contributed by atoms with Crippen LogP contribution in [0.2, 0.25) is 0 Å². The van der Waals surface area contributed by atoms with Gasteiger partial charge in [0.25, 0.3) is 0 Å². The number of carbonyl (C=O) groups excluding carboxylic acids is 1. The number of hydrogen-bond donors (Lipinski definition) is 1. The van der Waals surface area contributed by atoms with E-state index in [0.29, 0.717) is 16.6 Å². The summed E-state index contributed by atoms with van der Waals surface area (Å²) in [4.78, 5) is 16.6. The summed E-state index contributed by atoms with van der Waals surface area (Å²) in [5, 5.41) is 9.43. The largest absolute Gasteiger partial charge is 0.356 e. The molecule has 2 heterocycles. The summed E-state index contributed by atoms with van der Waals surface area (Å²) in [5.74, 6) is 0.624. The fourth-order valence-corrected chi connectivity index (χ4v) is 2.99. The average molecular weight is 311 g/mol. The van der Waals surface area contributed by atoms with E-state index in [1.807, 2.05) is 41.8 Å². The molecule has 2 aromatic heterocycles. The Morgan fingerprint density at radius 1 is 1.27 bits per heavy atom. The Morgan fingerprint density at radius 3 is 2.77 bits per heavy atom. The second-order valence-corrected chi connectivity index (χ2v) is 6.21. The molecule has 1 N–H and O–H groups in total. The maximum atomic E-state index is 12.5. The van der Waals surface area contributed by atoms with E-state index in [0.717, 1.165) is 18.4 Å². The lowest BCUT2D eigenvalue weighted by molar-refractivity contribution is -0.118. The van der Waals surface area contributed by atoms with E-state index in [9.17, 15) is 4.79 Å². The predicted octanol–water partition coefficient (Wildman–Crippen LogP) is 3.47. The minimum absolute atomic E-state index is 0.0599. The molecule has 1 fully saturated rings. The van der Waals surface area contributed by atoms with Crippen molar-refractivity contribution in [3.63, 3.8) is 0 Å². The summed E-state index contributed by atoms with van der Waals surface area (Å²) in [7, 11) is 0. The van der Waals surface area contributed by atoms with Gasteiger partial charge in [0, 0.05) is 23.2 Å². The Balaban J connectivity index is 1.59. The lowest BCUT2D eigenvalue weighted by Gasteiger charge is -2.10. The van der Waals surface area contributed by atoms with Crippen molar-refractivity contribution in [2.75, 3.05) is 5.32 Å². The zero-order chi connectivity index (χ0) is 15.0. The number of anilines is 1. The molecule has 0 bridgehead atoms. The predicted molar refractivity (Wildman–Crippen MR) is 83.6 cm³/mol. The molecule has 0 aliphatic heterocycles. The lowest BCUT2D eigenvalue weighted by Crippen LogP contribution is -2.28. The third kappa shape index (κ3) is 2.21. The third-order valence-electron chi connectivity index (χ3n) is 3.90. The molecule has 0 spiro atoms. The molecular formula is C16H13N3O2S. The van der Waals surface area contributed by atoms with Crippen LogP contribution in [-0.4, -0.2) is 16.0 Å². The molecule has 0 unspecified atom stereocenters. The van der Waals surface area contributed by atoms with Gasteiger partial charge in [-0.25, -0.2) is 4.98 Å². The number of aromatic nitrogens is 2. The van der Waals surface area contributed by atoms with Crippen LogP contribution in [0.3, 0.4) is 0 Å². The maximum Gasteiger partial charge on any atom is 0.238 e. The topological polar surface area (TPSA) is 68.0 Å². The van der Waals surface area contributed by atoms with Crippen LogP contribution in [0.5, 0.6) is 0 Å². The van der Waals surface area contributed by atoms with Crippen molar-refractivity contribution in [3.05, 3.63) is 53.7 Å². The first-order valence-electron chi connectivity index (χ1n) is 7.01. The molecule has 0 saturated heterocycles. The fourth-order valence-electron chi connectivity index (χ4n) is 2.47. The molecule has 110 valence electrons. The Hall–Kier alpha value is -2.47. The summed E-state index contributed by atoms with van der Waals surface area (Å²) in [6.07, 6.45) is 3.24. The van der Waals surface area contributed by atoms with E-state index < -0.39 is 5.41 Å². The number of carbonyl (C=O) groups is 1. The van der Waals surface area contributed by atoms with Gasteiger partial charge in [0.15, 0.2) is 10.9 Å². The van der Waals surface area contributed by atoms with Gasteiger partial charge in [0.2, 0.25) is 5.91 Å². The minimum atomic E-state index is -0.567. The van der Waals surface area contributed by atoms with Crippen LogP contribution in [0.1, 0.15) is 18.5 Å². The highest BCUT2D eigenvalue weighted by molar-refractivity contribution is 7.13. The van der Waals surface area contributed by atoms with E-state index in [2.05, 4.69) is 15.5 Å². The highest BCUT2D eigenvalue weighted by atomic mass is 32.1. The van der Waals surface area contributed by atoms with Crippen LogP contribution in [0.25, 0.3) is 11.3 Å². The number of nitrogens with zero attached hydrogens (tertiary/aromatic N) is 2. The number of thiazole rings is 1. The first-order chi connectivity index (χ1) is 10.8. The lowest BCUT2D eigenvalue weighted by atomic mass is 10.0. The molecule has 1 saturated carbocycles. The van der Waals surface area contributed by atoms with Gasteiger partial charge in [-0.1, -0.05) is 35.5 Å². The van der Waals surface area contributed by atoms with E-state index in [1.54, 1.807) is 6.20 Å². The van der Waals surface area contributed by atoms with E-state index in [4.69, 9.17) is 4.52 Å². The Labute approximate surface area is 131 Å². The summed E-state index contributed by atoms with van der Waals surface area (Å²) in [6, 6.07) is 11.6. The molecular weight excluding hydrogens is 298 g/mol. The van der Waals surface area contributed by atoms with E-state index >= 15 is 0 Å². The number of amides is 1. The van der Waals surface area contributed by atoms with Gasteiger partial charge in [-0.3, -0.25) is 4.79 Å². The summed E-state index contributed by atoms with van der Waals surface area (Å²) < 4.78 is 5.42. The number of nitrogens with one attached hydrogen (secondary N) is 1. The molecule has 4 rings (SSSR count). The van der Waals surface area contributed by atoms with Crippen LogP contribution >= 0.6 is 11.3 Å². The minimum Gasteiger partial charge on any atom is -0.356 e. The van der Waals surface area contributed by atoms with Gasteiger partial charge in [-0.2, -0.15) is 0 Å². The van der Waals surface area contributed by atoms with Gasteiger partial charge in [-0.15, -0.1) is 11.3 Å². The van der Waals surface area contributed by atoms with Crippen molar-refractivity contribution in [2.24, 2.45) is 0 Å². The van der Waals surface area contributed by atoms with Crippen molar-refractivity contribution in [3.8, 4) is 11.3 Å². The van der Waals surface area contributed by atoms with Crippen molar-refractivity contribution in [1.29, 1.82) is 0 Å². The Kier molecular flexibility index (Phi) is 3.04. The molecule has 1 amide bonds. The molecule has 5 nitrogen and oxygen atoms in total. The van der Waals surface area contributed by atoms with Crippen molar-refractivity contribution >= 4 is 22.4 Å². The van der Waals surface area contributed by atoms with Crippen molar-refractivity contribution < 1.29 is 9.32 Å². The van der Waals surface area contributed by atoms with Crippen LogP contribution < -0.4 is 5.32 Å². The van der Waals surface area contributed by atoms with Gasteiger partial charge in [0.05, 0.1) is 11.1 Å². The monoisotopic (exact) mass is 311 g/mol. The highest BCUT2D eigenvalue weighted by Crippen LogP contribution is 2.49. The standard InChI is InChI=1S/C16H13N3O2S/c20-14(18-15-17-8-9-22-15)16(6-7-16)13-10-12(21-19-13)11-4-2-1-3-5-11/h1-5,8-10H,6-7H2,(H,17,18,20). The van der Waals surface area contributed by atoms with Crippen molar-refractivity contribution in [2.45, 2.75) is 18.3 Å². The third-order valence-corrected chi connectivity index (χ3v) is 4.58. The van der Waals surface area contributed by atoms with Gasteiger partial charge >= 0.3 is 0 Å². The smallest absolute Gasteiger partial charge is 0.238 e. The zero-order valence-electron chi connectivity index (χ0n) is 11.7. The molecule has 0 radical (unpaired) electrons. The van der Waals surface area contributed by atoms with E-state index in [-0.39, 0.29) is 5.91 Å². The van der Waals surface area contributed by atoms with Gasteiger partial charge < -0.3 is 9.84 Å². The Bertz CT molecular complexity index is 792. The molecule has 1 aliphatic carbocycles. The zero-order valence-corrected chi connectivity index (χ0v) is 12.5. The second-order valence-electron chi connectivity index (χ2n) is 5.32. The van der Waals surface area contributed by atoms with Crippen molar-refractivity contribution in [1.82, 2.24) is 10.1 Å². The van der Waals surface area contributed by atoms with Crippen LogP contribution in [0, 0.1) is 0 Å². The molecule has 0 atom stereocenters.